The zero-order valence-corrected chi connectivity index (χ0v) is 58.5. The van der Waals surface area contributed by atoms with Gasteiger partial charge in [0.2, 0.25) is 17.8 Å². The van der Waals surface area contributed by atoms with Crippen molar-refractivity contribution >= 4 is 78.6 Å². The lowest BCUT2D eigenvalue weighted by atomic mass is 9.72. The van der Waals surface area contributed by atoms with Crippen molar-refractivity contribution in [3.63, 3.8) is 0 Å². The van der Waals surface area contributed by atoms with Crippen molar-refractivity contribution in [2.45, 2.75) is 106 Å². The smallest absolute Gasteiger partial charge is 0.416 e. The number of anilines is 2. The second-order valence-corrected chi connectivity index (χ2v) is 25.7. The Balaban J connectivity index is 0.00000468. The number of fused-ring (bicyclic) bond motifs is 2. The van der Waals surface area contributed by atoms with Crippen molar-refractivity contribution in [2.24, 2.45) is 0 Å². The van der Waals surface area contributed by atoms with Crippen LogP contribution in [0.1, 0.15) is 113 Å². The first-order chi connectivity index (χ1) is 46.5. The van der Waals surface area contributed by atoms with Gasteiger partial charge >= 0.3 is 18.4 Å². The average Bonchev–Trinajstić information content (AvgIpc) is 1.58. The Hall–Kier alpha value is -7.65. The second kappa shape index (κ2) is 35.8. The summed E-state index contributed by atoms with van der Waals surface area (Å²) in [6.07, 6.45) is -1.39. The summed E-state index contributed by atoms with van der Waals surface area (Å²) in [5.41, 5.74) is 0.0140. The molecular weight excluding hydrogens is 1370 g/mol. The maximum atomic E-state index is 14.2. The van der Waals surface area contributed by atoms with E-state index in [1.165, 1.54) is 36.7 Å². The highest BCUT2D eigenvalue weighted by atomic mass is 35.5. The highest BCUT2D eigenvalue weighted by Gasteiger charge is 2.50. The largest absolute Gasteiger partial charge is 0.446 e. The molecule has 542 valence electrons. The van der Waals surface area contributed by atoms with Gasteiger partial charge in [-0.3, -0.25) is 24.5 Å². The number of ether oxygens (including phenoxy) is 3. The number of nitrogens with one attached hydrogen (secondary N) is 2. The molecule has 2 atom stereocenters. The topological polar surface area (TPSA) is 182 Å². The third kappa shape index (κ3) is 20.3. The highest BCUT2D eigenvalue weighted by molar-refractivity contribution is 5.95. The van der Waals surface area contributed by atoms with Gasteiger partial charge in [0.1, 0.15) is 30.9 Å². The standard InChI is InChI=1S/C72H83F7N10O8.3ClH/c1-84(32-14-33-86(3)65(92)53-45-81-67(82-46-53)80-31-13-5-8-21-63(90)85(2)39-40-87-34-26-58(27-35-87)97-68(94)83-61-20-12-10-18-59(61)50-15-6-4-7-16-50)64(91)47-95-62-43-51-17-9-11-19-60(51)69(62)28-36-88(37-29-69)38-30-70(54-22-24-57(73)25-23-54)48-89(49-96-70)66(93)52-41-55(71(74,75)76)44-56(42-52)72(77,78)79;;;/h4,6-7,9-12,15-20,22-25,41-42,44-46,58,62H,5,8,13-14,21,26-40,43,47-49H2,1-3H3,(H,83,94)(H,80,81,82);3*1H/t62-,70+;;;/m0.../s1. The number of carbonyl (C=O) groups excluding carboxylic acids is 5. The molecule has 0 saturated carbocycles. The van der Waals surface area contributed by atoms with Crippen LogP contribution < -0.4 is 10.6 Å². The number of rotatable bonds is 26. The van der Waals surface area contributed by atoms with Crippen LogP contribution >= 0.6 is 37.2 Å². The van der Waals surface area contributed by atoms with E-state index in [-0.39, 0.29) is 92.8 Å². The normalized spacial score (nSPS) is 17.6. The summed E-state index contributed by atoms with van der Waals surface area (Å²) >= 11 is 0. The fraction of sp³-hybridized carbons (Fsp3) is 0.458. The number of unbranched alkanes of at least 4 members (excludes halogenated alkanes) is 2. The molecule has 4 heterocycles. The van der Waals surface area contributed by atoms with Gasteiger partial charge in [-0.25, -0.2) is 19.2 Å². The molecule has 10 rings (SSSR count). The van der Waals surface area contributed by atoms with Crippen LogP contribution in [0.2, 0.25) is 0 Å². The molecule has 3 saturated heterocycles. The SMILES string of the molecule is CN(CCN1CCC(OC(=O)Nc2ccccc2-c2ccccc2)CC1)C(=O)CCCCCNc1ncc(C(=O)N(C)CCCN(C)C(=O)CO[C@H]2Cc3ccccc3C23CCN(CC[C@]2(c4ccc(F)cc4)CN(C(=O)c4cc(C(F)(F)F)cc(C(F)(F)F)c4)CO2)CC3)cn1.Cl.Cl.Cl. The van der Waals surface area contributed by atoms with Crippen molar-refractivity contribution < 1.29 is 68.9 Å². The minimum atomic E-state index is -5.15. The van der Waals surface area contributed by atoms with Crippen LogP contribution in [0.15, 0.2) is 134 Å². The summed E-state index contributed by atoms with van der Waals surface area (Å²) in [6.45, 7) is 5.01. The molecule has 0 unspecified atom stereocenters. The molecule has 4 aliphatic rings. The van der Waals surface area contributed by atoms with Crippen LogP contribution in [0.3, 0.4) is 0 Å². The van der Waals surface area contributed by atoms with Crippen molar-refractivity contribution in [1.82, 2.24) is 39.4 Å². The number of alkyl halides is 6. The molecule has 3 fully saturated rings. The van der Waals surface area contributed by atoms with E-state index in [0.29, 0.717) is 126 Å². The number of aromatic nitrogens is 2. The molecule has 1 aliphatic carbocycles. The third-order valence-electron chi connectivity index (χ3n) is 19.2. The highest BCUT2D eigenvalue weighted by Crippen LogP contribution is 2.48. The number of hydrogen-bond acceptors (Lipinski definition) is 13. The molecule has 18 nitrogen and oxygen atoms in total. The lowest BCUT2D eigenvalue weighted by molar-refractivity contribution is -0.143. The molecular formula is C72H86Cl3F7N10O8. The molecule has 5 amide bonds. The van der Waals surface area contributed by atoms with Gasteiger partial charge in [0.05, 0.1) is 35.0 Å². The fourth-order valence-electron chi connectivity index (χ4n) is 13.5. The first-order valence-corrected chi connectivity index (χ1v) is 33.0. The number of hydrogen-bond donors (Lipinski definition) is 2. The van der Waals surface area contributed by atoms with Crippen molar-refractivity contribution in [1.29, 1.82) is 0 Å². The molecule has 100 heavy (non-hydrogen) atoms. The molecule has 1 spiro atoms. The summed E-state index contributed by atoms with van der Waals surface area (Å²) in [5.74, 6) is -1.62. The van der Waals surface area contributed by atoms with Gasteiger partial charge < -0.3 is 48.9 Å². The molecule has 2 N–H and O–H groups in total. The van der Waals surface area contributed by atoms with E-state index in [1.807, 2.05) is 73.8 Å². The van der Waals surface area contributed by atoms with E-state index in [0.717, 1.165) is 66.1 Å². The van der Waals surface area contributed by atoms with Crippen LogP contribution in [0, 0.1) is 5.82 Å². The van der Waals surface area contributed by atoms with Crippen molar-refractivity contribution in [2.75, 3.05) is 117 Å². The molecule has 6 aromatic rings. The predicted octanol–water partition coefficient (Wildman–Crippen LogP) is 13.0. The van der Waals surface area contributed by atoms with Gasteiger partial charge in [0.15, 0.2) is 0 Å². The molecule has 28 heteroatoms. The van der Waals surface area contributed by atoms with Crippen LogP contribution in [0.4, 0.5) is 47.2 Å². The minimum Gasteiger partial charge on any atom is -0.446 e. The van der Waals surface area contributed by atoms with E-state index < -0.39 is 64.6 Å². The Kier molecular flexibility index (Phi) is 28.5. The number of benzene rings is 5. The number of carbonyl (C=O) groups is 5. The Bertz CT molecular complexity index is 3650. The van der Waals surface area contributed by atoms with E-state index in [2.05, 4.69) is 42.5 Å². The van der Waals surface area contributed by atoms with Crippen molar-refractivity contribution in [3.8, 4) is 11.1 Å². The molecule has 0 bridgehead atoms. The van der Waals surface area contributed by atoms with Gasteiger partial charge in [-0.05, 0) is 130 Å². The molecule has 0 radical (unpaired) electrons. The maximum absolute atomic E-state index is 14.2. The zero-order chi connectivity index (χ0) is 68.9. The Labute approximate surface area is 596 Å². The monoisotopic (exact) mass is 1460 g/mol. The number of nitrogens with zero attached hydrogens (tertiary/aromatic N) is 8. The van der Waals surface area contributed by atoms with E-state index in [4.69, 9.17) is 14.2 Å². The summed E-state index contributed by atoms with van der Waals surface area (Å²) in [7, 11) is 5.21. The first-order valence-electron chi connectivity index (χ1n) is 33.0. The van der Waals surface area contributed by atoms with Crippen LogP contribution in [-0.2, 0) is 53.6 Å². The maximum Gasteiger partial charge on any atom is 0.416 e. The summed E-state index contributed by atoms with van der Waals surface area (Å²) < 4.78 is 115. The van der Waals surface area contributed by atoms with Gasteiger partial charge in [-0.15, -0.1) is 37.2 Å². The van der Waals surface area contributed by atoms with Crippen LogP contribution in [0.5, 0.6) is 0 Å². The number of likely N-dealkylation sites (N-methyl/N-ethyl adjacent to an activating group) is 2. The summed E-state index contributed by atoms with van der Waals surface area (Å²) in [4.78, 5) is 85.8. The first kappa shape index (κ1) is 79.7. The Morgan fingerprint density at radius 1 is 0.670 bits per heavy atom. The lowest BCUT2D eigenvalue weighted by Gasteiger charge is -2.44. The summed E-state index contributed by atoms with van der Waals surface area (Å²) in [5, 5.41) is 6.12. The molecule has 5 aromatic carbocycles. The van der Waals surface area contributed by atoms with Crippen LogP contribution in [0.25, 0.3) is 11.1 Å². The minimum absolute atomic E-state index is 0. The number of piperidine rings is 2. The van der Waals surface area contributed by atoms with E-state index in [1.54, 1.807) is 28.8 Å². The van der Waals surface area contributed by atoms with E-state index in [9.17, 15) is 54.7 Å². The lowest BCUT2D eigenvalue weighted by Crippen LogP contribution is -2.50. The number of halogens is 10. The zero-order valence-electron chi connectivity index (χ0n) is 56.0. The second-order valence-electron chi connectivity index (χ2n) is 25.7. The molecule has 3 aliphatic heterocycles. The third-order valence-corrected chi connectivity index (χ3v) is 19.2. The Morgan fingerprint density at radius 3 is 1.97 bits per heavy atom. The number of likely N-dealkylation sites (tertiary alicyclic amines) is 2. The van der Waals surface area contributed by atoms with Gasteiger partial charge in [0, 0.05) is 109 Å². The van der Waals surface area contributed by atoms with E-state index >= 15 is 0 Å². The Morgan fingerprint density at radius 2 is 1.29 bits per heavy atom. The predicted molar refractivity (Wildman–Crippen MR) is 372 cm³/mol. The van der Waals surface area contributed by atoms with Gasteiger partial charge in [-0.1, -0.05) is 91.3 Å². The fourth-order valence-corrected chi connectivity index (χ4v) is 13.5. The quantitative estimate of drug-likeness (QED) is 0.0387. The van der Waals surface area contributed by atoms with Crippen molar-refractivity contribution in [3.05, 3.63) is 178 Å². The summed E-state index contributed by atoms with van der Waals surface area (Å²) in [6, 6.07) is 31.9. The molecule has 1 aromatic heterocycles. The number of amides is 5. The number of para-hydroxylation sites is 1. The van der Waals surface area contributed by atoms with Crippen LogP contribution in [-0.4, -0.2) is 188 Å². The van der Waals surface area contributed by atoms with Gasteiger partial charge in [-0.2, -0.15) is 26.3 Å². The average molecular weight is 1460 g/mol. The van der Waals surface area contributed by atoms with Gasteiger partial charge in [0.25, 0.3) is 11.8 Å².